The van der Waals surface area contributed by atoms with Crippen LogP contribution in [0.2, 0.25) is 0 Å². The molecule has 1 heterocycles. The number of hydrogen-bond donors (Lipinski definition) is 0. The Morgan fingerprint density at radius 3 is 2.36 bits per heavy atom. The summed E-state index contributed by atoms with van der Waals surface area (Å²) < 4.78 is 0. The second-order valence-corrected chi connectivity index (χ2v) is 4.36. The molecule has 1 rings (SSSR count). The van der Waals surface area contributed by atoms with Gasteiger partial charge in [0.05, 0.1) is 5.41 Å². The van der Waals surface area contributed by atoms with E-state index in [0.29, 0.717) is 0 Å². The first kappa shape index (κ1) is 10.9. The van der Waals surface area contributed by atoms with Crippen LogP contribution in [0.1, 0.15) is 33.6 Å². The summed E-state index contributed by atoms with van der Waals surface area (Å²) in [5.41, 5.74) is -0.589. The maximum Gasteiger partial charge on any atom is 0.235 e. The highest BCUT2D eigenvalue weighted by atomic mass is 16.2. The quantitative estimate of drug-likeness (QED) is 0.627. The second kappa shape index (κ2) is 3.52. The van der Waals surface area contributed by atoms with Gasteiger partial charge in [0.1, 0.15) is 5.78 Å². The average Bonchev–Trinajstić information content (AvgIpc) is 2.19. The molecule has 0 unspecified atom stereocenters. The normalized spacial score (nSPS) is 20.4. The van der Waals surface area contributed by atoms with E-state index in [2.05, 4.69) is 0 Å². The van der Waals surface area contributed by atoms with Crippen LogP contribution in [0.3, 0.4) is 0 Å². The summed E-state index contributed by atoms with van der Waals surface area (Å²) in [6.07, 6.45) is 0.511. The summed E-state index contributed by atoms with van der Waals surface area (Å²) in [5, 5.41) is 0. The summed E-state index contributed by atoms with van der Waals surface area (Å²) in [6.45, 7) is 5.19. The van der Waals surface area contributed by atoms with Crippen molar-refractivity contribution in [3.8, 4) is 0 Å². The average molecular weight is 197 g/mol. The molecule has 0 aromatic rings. The van der Waals surface area contributed by atoms with Crippen LogP contribution >= 0.6 is 0 Å². The van der Waals surface area contributed by atoms with Crippen LogP contribution in [0.15, 0.2) is 0 Å². The number of hydrogen-bond acceptors (Lipinski definition) is 3. The van der Waals surface area contributed by atoms with Crippen molar-refractivity contribution < 1.29 is 14.4 Å². The molecule has 0 radical (unpaired) electrons. The fourth-order valence-corrected chi connectivity index (χ4v) is 1.52. The highest BCUT2D eigenvalue weighted by molar-refractivity contribution is 6.05. The van der Waals surface area contributed by atoms with Crippen molar-refractivity contribution in [1.82, 2.24) is 4.90 Å². The number of ketones is 1. The molecule has 4 heteroatoms. The lowest BCUT2D eigenvalue weighted by molar-refractivity contribution is -0.141. The second-order valence-electron chi connectivity index (χ2n) is 4.36. The topological polar surface area (TPSA) is 54.5 Å². The Bertz CT molecular complexity index is 294. The lowest BCUT2D eigenvalue weighted by atomic mass is 9.92. The summed E-state index contributed by atoms with van der Waals surface area (Å²) in [5.74, 6) is -0.333. The van der Waals surface area contributed by atoms with Crippen LogP contribution in [-0.2, 0) is 14.4 Å². The van der Waals surface area contributed by atoms with Gasteiger partial charge in [-0.15, -0.1) is 0 Å². The molecule has 0 aromatic carbocycles. The van der Waals surface area contributed by atoms with Gasteiger partial charge in [0.15, 0.2) is 0 Å². The van der Waals surface area contributed by atoms with Crippen LogP contribution in [0.25, 0.3) is 0 Å². The Labute approximate surface area is 83.3 Å². The third kappa shape index (κ3) is 2.00. The first-order valence-electron chi connectivity index (χ1n) is 4.69. The SMILES string of the molecule is CC(=O)CCN1C(=O)CC(C)(C)C1=O. The molecule has 0 aliphatic carbocycles. The smallest absolute Gasteiger partial charge is 0.235 e. The third-order valence-electron chi connectivity index (χ3n) is 2.41. The van der Waals surface area contributed by atoms with Crippen LogP contribution in [-0.4, -0.2) is 29.0 Å². The molecular formula is C10H15NO3. The van der Waals surface area contributed by atoms with Crippen LogP contribution < -0.4 is 0 Å². The molecule has 0 aromatic heterocycles. The predicted octanol–water partition coefficient (Wildman–Crippen LogP) is 0.751. The van der Waals surface area contributed by atoms with E-state index in [0.717, 1.165) is 0 Å². The number of rotatable bonds is 3. The van der Waals surface area contributed by atoms with Gasteiger partial charge in [0, 0.05) is 19.4 Å². The van der Waals surface area contributed by atoms with Crippen molar-refractivity contribution in [1.29, 1.82) is 0 Å². The summed E-state index contributed by atoms with van der Waals surface area (Å²) in [6, 6.07) is 0. The summed E-state index contributed by atoms with van der Waals surface area (Å²) in [7, 11) is 0. The maximum absolute atomic E-state index is 11.6. The summed E-state index contributed by atoms with van der Waals surface area (Å²) in [4.78, 5) is 35.0. The van der Waals surface area contributed by atoms with E-state index in [1.807, 2.05) is 0 Å². The number of carbonyl (C=O) groups excluding carboxylic acids is 3. The standard InChI is InChI=1S/C10H15NO3/c1-7(12)4-5-11-8(13)6-10(2,3)9(11)14/h4-6H2,1-3H3. The zero-order valence-electron chi connectivity index (χ0n) is 8.79. The van der Waals surface area contributed by atoms with Crippen molar-refractivity contribution in [2.75, 3.05) is 6.54 Å². The van der Waals surface area contributed by atoms with Crippen molar-refractivity contribution >= 4 is 17.6 Å². The Morgan fingerprint density at radius 1 is 1.43 bits per heavy atom. The van der Waals surface area contributed by atoms with E-state index in [4.69, 9.17) is 0 Å². The molecule has 0 saturated carbocycles. The zero-order chi connectivity index (χ0) is 10.9. The molecule has 0 N–H and O–H groups in total. The molecule has 1 aliphatic heterocycles. The van der Waals surface area contributed by atoms with Gasteiger partial charge >= 0.3 is 0 Å². The van der Waals surface area contributed by atoms with E-state index in [1.165, 1.54) is 11.8 Å². The maximum atomic E-state index is 11.6. The van der Waals surface area contributed by atoms with Crippen molar-refractivity contribution in [2.45, 2.75) is 33.6 Å². The number of amides is 2. The predicted molar refractivity (Wildman–Crippen MR) is 50.4 cm³/mol. The van der Waals surface area contributed by atoms with E-state index in [-0.39, 0.29) is 37.0 Å². The van der Waals surface area contributed by atoms with E-state index < -0.39 is 5.41 Å². The van der Waals surface area contributed by atoms with E-state index >= 15 is 0 Å². The summed E-state index contributed by atoms with van der Waals surface area (Å²) >= 11 is 0. The van der Waals surface area contributed by atoms with Crippen molar-refractivity contribution in [3.63, 3.8) is 0 Å². The largest absolute Gasteiger partial charge is 0.300 e. The molecule has 4 nitrogen and oxygen atoms in total. The van der Waals surface area contributed by atoms with Crippen LogP contribution in [0.5, 0.6) is 0 Å². The number of carbonyl (C=O) groups is 3. The Morgan fingerprint density at radius 2 is 2.00 bits per heavy atom. The molecule has 2 amide bonds. The van der Waals surface area contributed by atoms with Crippen LogP contribution in [0, 0.1) is 5.41 Å². The molecule has 1 fully saturated rings. The van der Waals surface area contributed by atoms with Gasteiger partial charge in [-0.25, -0.2) is 0 Å². The first-order valence-corrected chi connectivity index (χ1v) is 4.69. The Kier molecular flexibility index (Phi) is 2.73. The van der Waals surface area contributed by atoms with Crippen LogP contribution in [0.4, 0.5) is 0 Å². The molecule has 1 aliphatic rings. The highest BCUT2D eigenvalue weighted by Crippen LogP contribution is 2.31. The van der Waals surface area contributed by atoms with E-state index in [1.54, 1.807) is 13.8 Å². The fourth-order valence-electron chi connectivity index (χ4n) is 1.52. The Hall–Kier alpha value is -1.19. The van der Waals surface area contributed by atoms with Gasteiger partial charge in [-0.05, 0) is 6.92 Å². The molecule has 0 bridgehead atoms. The number of Topliss-reactive ketones (excluding diaryl/α,β-unsaturated/α-hetero) is 1. The molecule has 0 atom stereocenters. The number of nitrogens with zero attached hydrogens (tertiary/aromatic N) is 1. The van der Waals surface area contributed by atoms with Gasteiger partial charge in [0.25, 0.3) is 0 Å². The minimum atomic E-state index is -0.589. The minimum absolute atomic E-state index is 0.00435. The third-order valence-corrected chi connectivity index (χ3v) is 2.41. The molecule has 14 heavy (non-hydrogen) atoms. The molecular weight excluding hydrogens is 182 g/mol. The zero-order valence-corrected chi connectivity index (χ0v) is 8.79. The fraction of sp³-hybridized carbons (Fsp3) is 0.700. The van der Waals surface area contributed by atoms with Gasteiger partial charge in [-0.1, -0.05) is 13.8 Å². The molecule has 78 valence electrons. The van der Waals surface area contributed by atoms with Gasteiger partial charge in [-0.3, -0.25) is 19.3 Å². The lowest BCUT2D eigenvalue weighted by Gasteiger charge is -2.16. The van der Waals surface area contributed by atoms with Crippen molar-refractivity contribution in [2.24, 2.45) is 5.41 Å². The highest BCUT2D eigenvalue weighted by Gasteiger charge is 2.44. The number of imide groups is 1. The van der Waals surface area contributed by atoms with E-state index in [9.17, 15) is 14.4 Å². The van der Waals surface area contributed by atoms with Gasteiger partial charge < -0.3 is 0 Å². The number of likely N-dealkylation sites (tertiary alicyclic amines) is 1. The lowest BCUT2D eigenvalue weighted by Crippen LogP contribution is -2.34. The van der Waals surface area contributed by atoms with Gasteiger partial charge in [0.2, 0.25) is 11.8 Å². The molecule has 0 spiro atoms. The Balaban J connectivity index is 2.67. The molecule has 1 saturated heterocycles. The monoisotopic (exact) mass is 197 g/mol. The van der Waals surface area contributed by atoms with Crippen molar-refractivity contribution in [3.05, 3.63) is 0 Å². The first-order chi connectivity index (χ1) is 6.34. The minimum Gasteiger partial charge on any atom is -0.300 e. The van der Waals surface area contributed by atoms with Gasteiger partial charge in [-0.2, -0.15) is 0 Å².